The number of pyridine rings is 1. The van der Waals surface area contributed by atoms with Crippen LogP contribution in [0.25, 0.3) is 11.5 Å². The fourth-order valence-electron chi connectivity index (χ4n) is 2.34. The molecule has 6 nitrogen and oxygen atoms in total. The van der Waals surface area contributed by atoms with Gasteiger partial charge in [0.1, 0.15) is 22.8 Å². The van der Waals surface area contributed by atoms with Gasteiger partial charge in [0.05, 0.1) is 10.7 Å². The third kappa shape index (κ3) is 3.95. The van der Waals surface area contributed by atoms with Gasteiger partial charge in [-0.25, -0.2) is 14.4 Å². The van der Waals surface area contributed by atoms with E-state index < -0.39 is 11.7 Å². The number of benzene rings is 1. The van der Waals surface area contributed by atoms with Crippen molar-refractivity contribution in [1.29, 1.82) is 0 Å². The van der Waals surface area contributed by atoms with Crippen LogP contribution in [0, 0.1) is 5.82 Å². The Bertz CT molecular complexity index is 1130. The molecule has 0 spiro atoms. The Morgan fingerprint density at radius 3 is 2.93 bits per heavy atom. The summed E-state index contributed by atoms with van der Waals surface area (Å²) in [6.45, 7) is 0. The molecule has 4 rings (SSSR count). The molecule has 1 N–H and O–H groups in total. The van der Waals surface area contributed by atoms with E-state index in [0.717, 1.165) is 0 Å². The molecule has 0 aliphatic rings. The maximum Gasteiger partial charge on any atom is 0.262 e. The number of thiazole rings is 1. The second kappa shape index (κ2) is 7.91. The Balaban J connectivity index is 1.55. The summed E-state index contributed by atoms with van der Waals surface area (Å²) in [7, 11) is 0. The van der Waals surface area contributed by atoms with E-state index in [-0.39, 0.29) is 11.4 Å². The van der Waals surface area contributed by atoms with Gasteiger partial charge >= 0.3 is 0 Å². The first kappa shape index (κ1) is 18.3. The molecule has 3 heterocycles. The third-order valence-corrected chi connectivity index (χ3v) is 4.99. The molecule has 4 aromatic rings. The molecule has 0 unspecified atom stereocenters. The first-order valence-corrected chi connectivity index (χ1v) is 9.66. The van der Waals surface area contributed by atoms with Crippen molar-refractivity contribution >= 4 is 38.3 Å². The lowest BCUT2D eigenvalue weighted by Gasteiger charge is -2.10. The van der Waals surface area contributed by atoms with Crippen LogP contribution >= 0.6 is 27.3 Å². The number of nitrogens with one attached hydrogen (secondary N) is 1. The molecule has 0 radical (unpaired) electrons. The Hall–Kier alpha value is -3.04. The van der Waals surface area contributed by atoms with E-state index in [9.17, 15) is 9.18 Å². The molecule has 140 valence electrons. The molecular formula is C19H11BrFN3O3S. The number of carbonyl (C=O) groups excluding carboxylic acids is 1. The number of carbonyl (C=O) groups is 1. The molecule has 1 amide bonds. The number of amides is 1. The van der Waals surface area contributed by atoms with Gasteiger partial charge in [0, 0.05) is 11.6 Å². The first-order chi connectivity index (χ1) is 13.6. The summed E-state index contributed by atoms with van der Waals surface area (Å²) in [5.74, 6) is 0.206. The van der Waals surface area contributed by atoms with Crippen LogP contribution in [0.4, 0.5) is 9.52 Å². The van der Waals surface area contributed by atoms with Crippen molar-refractivity contribution in [3.8, 4) is 23.1 Å². The Morgan fingerprint density at radius 2 is 2.14 bits per heavy atom. The number of hydrogen-bond donors (Lipinski definition) is 1. The highest BCUT2D eigenvalue weighted by molar-refractivity contribution is 9.10. The molecule has 0 aliphatic heterocycles. The Labute approximate surface area is 171 Å². The highest BCUT2D eigenvalue weighted by Crippen LogP contribution is 2.31. The molecule has 0 bridgehead atoms. The standard InChI is InChI=1S/C19H11BrFN3O3S/c20-13-9-11(21)5-6-15(13)27-18-12(3-1-7-22-18)17(25)24-19-23-14(10-28-19)16-4-2-8-26-16/h1-10H,(H,23,24,25). The maximum absolute atomic E-state index is 13.3. The van der Waals surface area contributed by atoms with E-state index in [0.29, 0.717) is 26.8 Å². The third-order valence-electron chi connectivity index (χ3n) is 3.61. The summed E-state index contributed by atoms with van der Waals surface area (Å²) in [6, 6.07) is 10.7. The van der Waals surface area contributed by atoms with E-state index in [2.05, 4.69) is 31.2 Å². The van der Waals surface area contributed by atoms with Crippen LogP contribution in [-0.4, -0.2) is 15.9 Å². The molecule has 9 heteroatoms. The summed E-state index contributed by atoms with van der Waals surface area (Å²) in [6.07, 6.45) is 3.06. The average Bonchev–Trinajstić information content (AvgIpc) is 3.36. The van der Waals surface area contributed by atoms with E-state index in [1.807, 2.05) is 0 Å². The van der Waals surface area contributed by atoms with Crippen molar-refractivity contribution in [3.05, 3.63) is 76.2 Å². The van der Waals surface area contributed by atoms with E-state index in [4.69, 9.17) is 9.15 Å². The highest BCUT2D eigenvalue weighted by Gasteiger charge is 2.17. The van der Waals surface area contributed by atoms with Crippen molar-refractivity contribution in [2.45, 2.75) is 0 Å². The summed E-state index contributed by atoms with van der Waals surface area (Å²) < 4.78 is 24.7. The van der Waals surface area contributed by atoms with Crippen LogP contribution in [0.15, 0.2) is 69.2 Å². The van der Waals surface area contributed by atoms with Gasteiger partial charge < -0.3 is 9.15 Å². The maximum atomic E-state index is 13.3. The number of halogens is 2. The van der Waals surface area contributed by atoms with Gasteiger partial charge in [-0.2, -0.15) is 0 Å². The minimum atomic E-state index is -0.429. The number of furan rings is 1. The van der Waals surface area contributed by atoms with Crippen LogP contribution in [-0.2, 0) is 0 Å². The molecule has 28 heavy (non-hydrogen) atoms. The zero-order chi connectivity index (χ0) is 19.5. The normalized spacial score (nSPS) is 10.6. The Kier molecular flexibility index (Phi) is 5.18. The molecular weight excluding hydrogens is 449 g/mol. The quantitative estimate of drug-likeness (QED) is 0.411. The molecule has 3 aromatic heterocycles. The second-order valence-electron chi connectivity index (χ2n) is 5.50. The minimum Gasteiger partial charge on any atom is -0.463 e. The van der Waals surface area contributed by atoms with Crippen molar-refractivity contribution < 1.29 is 18.3 Å². The largest absolute Gasteiger partial charge is 0.463 e. The predicted molar refractivity (Wildman–Crippen MR) is 106 cm³/mol. The van der Waals surface area contributed by atoms with Crippen molar-refractivity contribution in [1.82, 2.24) is 9.97 Å². The number of hydrogen-bond acceptors (Lipinski definition) is 6. The fourth-order valence-corrected chi connectivity index (χ4v) is 3.47. The average molecular weight is 460 g/mol. The predicted octanol–water partition coefficient (Wildman–Crippen LogP) is 5.74. The summed E-state index contributed by atoms with van der Waals surface area (Å²) in [5.41, 5.74) is 0.844. The van der Waals surface area contributed by atoms with Crippen LogP contribution in [0.1, 0.15) is 10.4 Å². The van der Waals surface area contributed by atoms with Gasteiger partial charge in [-0.05, 0) is 58.4 Å². The lowest BCUT2D eigenvalue weighted by Crippen LogP contribution is -2.13. The van der Waals surface area contributed by atoms with Gasteiger partial charge in [0.2, 0.25) is 5.88 Å². The van der Waals surface area contributed by atoms with Gasteiger partial charge in [-0.3, -0.25) is 10.1 Å². The van der Waals surface area contributed by atoms with E-state index in [1.54, 1.807) is 35.9 Å². The van der Waals surface area contributed by atoms with Gasteiger partial charge in [0.15, 0.2) is 10.9 Å². The fraction of sp³-hybridized carbons (Fsp3) is 0. The van der Waals surface area contributed by atoms with Gasteiger partial charge in [-0.15, -0.1) is 11.3 Å². The lowest BCUT2D eigenvalue weighted by molar-refractivity contribution is 0.102. The van der Waals surface area contributed by atoms with Gasteiger partial charge in [0.25, 0.3) is 5.91 Å². The lowest BCUT2D eigenvalue weighted by atomic mass is 10.2. The van der Waals surface area contributed by atoms with E-state index >= 15 is 0 Å². The molecule has 0 saturated carbocycles. The highest BCUT2D eigenvalue weighted by atomic mass is 79.9. The van der Waals surface area contributed by atoms with Crippen LogP contribution in [0.2, 0.25) is 0 Å². The van der Waals surface area contributed by atoms with Crippen molar-refractivity contribution in [3.63, 3.8) is 0 Å². The number of rotatable bonds is 5. The molecule has 0 aliphatic carbocycles. The molecule has 1 aromatic carbocycles. The molecule has 0 saturated heterocycles. The van der Waals surface area contributed by atoms with Crippen LogP contribution in [0.3, 0.4) is 0 Å². The number of nitrogens with zero attached hydrogens (tertiary/aromatic N) is 2. The van der Waals surface area contributed by atoms with E-state index in [1.165, 1.54) is 35.7 Å². The summed E-state index contributed by atoms with van der Waals surface area (Å²) in [4.78, 5) is 21.2. The zero-order valence-corrected chi connectivity index (χ0v) is 16.5. The van der Waals surface area contributed by atoms with Crippen molar-refractivity contribution in [2.24, 2.45) is 0 Å². The molecule has 0 fully saturated rings. The zero-order valence-electron chi connectivity index (χ0n) is 14.1. The van der Waals surface area contributed by atoms with Crippen LogP contribution < -0.4 is 10.1 Å². The molecule has 0 atom stereocenters. The smallest absolute Gasteiger partial charge is 0.262 e. The monoisotopic (exact) mass is 459 g/mol. The number of anilines is 1. The SMILES string of the molecule is O=C(Nc1nc(-c2ccco2)cs1)c1cccnc1Oc1ccc(F)cc1Br. The van der Waals surface area contributed by atoms with Gasteiger partial charge in [-0.1, -0.05) is 0 Å². The minimum absolute atomic E-state index is 0.0927. The summed E-state index contributed by atoms with van der Waals surface area (Å²) >= 11 is 4.50. The first-order valence-electron chi connectivity index (χ1n) is 7.99. The van der Waals surface area contributed by atoms with Crippen LogP contribution in [0.5, 0.6) is 11.6 Å². The summed E-state index contributed by atoms with van der Waals surface area (Å²) in [5, 5.41) is 4.92. The van der Waals surface area contributed by atoms with Crippen molar-refractivity contribution in [2.75, 3.05) is 5.32 Å². The number of ether oxygens (including phenoxy) is 1. The Morgan fingerprint density at radius 1 is 1.25 bits per heavy atom. The number of aromatic nitrogens is 2. The topological polar surface area (TPSA) is 77.3 Å². The second-order valence-corrected chi connectivity index (χ2v) is 7.21.